The van der Waals surface area contributed by atoms with Crippen LogP contribution in [0.4, 0.5) is 10.8 Å². The van der Waals surface area contributed by atoms with Crippen LogP contribution in [0.1, 0.15) is 17.3 Å². The summed E-state index contributed by atoms with van der Waals surface area (Å²) in [6.07, 6.45) is 0. The van der Waals surface area contributed by atoms with Crippen LogP contribution in [-0.2, 0) is 4.79 Å². The van der Waals surface area contributed by atoms with E-state index in [9.17, 15) is 9.59 Å². The molecule has 0 bridgehead atoms. The molecule has 2 aromatic carbocycles. The molecule has 1 N–H and O–H groups in total. The van der Waals surface area contributed by atoms with Gasteiger partial charge < -0.3 is 15.0 Å². The molecule has 4 rings (SSSR count). The Labute approximate surface area is 191 Å². The number of hydrogen-bond acceptors (Lipinski definition) is 7. The van der Waals surface area contributed by atoms with Crippen molar-refractivity contribution in [3.63, 3.8) is 0 Å². The van der Waals surface area contributed by atoms with Crippen LogP contribution in [0, 0.1) is 0 Å². The van der Waals surface area contributed by atoms with Crippen molar-refractivity contribution in [1.29, 1.82) is 0 Å². The fourth-order valence-corrected chi connectivity index (χ4v) is 4.39. The zero-order chi connectivity index (χ0) is 22.5. The molecule has 1 fully saturated rings. The van der Waals surface area contributed by atoms with Gasteiger partial charge in [0.2, 0.25) is 5.91 Å². The molecule has 166 valence electrons. The highest BCUT2D eigenvalue weighted by Gasteiger charge is 2.20. The Hall–Kier alpha value is -3.23. The molecule has 2 heterocycles. The van der Waals surface area contributed by atoms with Crippen LogP contribution in [0.2, 0.25) is 0 Å². The molecule has 0 aliphatic carbocycles. The van der Waals surface area contributed by atoms with Gasteiger partial charge in [-0.2, -0.15) is 0 Å². The number of ether oxygens (including phenoxy) is 1. The van der Waals surface area contributed by atoms with Gasteiger partial charge in [0.15, 0.2) is 10.9 Å². The zero-order valence-electron chi connectivity index (χ0n) is 18.2. The molecule has 0 unspecified atom stereocenters. The number of ketones is 1. The van der Waals surface area contributed by atoms with E-state index in [2.05, 4.69) is 20.1 Å². The highest BCUT2D eigenvalue weighted by Crippen LogP contribution is 2.26. The number of amides is 1. The third-order valence-electron chi connectivity index (χ3n) is 5.51. The van der Waals surface area contributed by atoms with Crippen LogP contribution < -0.4 is 15.0 Å². The van der Waals surface area contributed by atoms with E-state index in [1.54, 1.807) is 14.0 Å². The Bertz CT molecular complexity index is 1070. The molecule has 1 aromatic heterocycles. The number of methoxy groups -OCH3 is 1. The summed E-state index contributed by atoms with van der Waals surface area (Å²) < 4.78 is 5.19. The third kappa shape index (κ3) is 5.33. The Balaban J connectivity index is 1.26. The molecule has 0 radical (unpaired) electrons. The van der Waals surface area contributed by atoms with Gasteiger partial charge in [0.1, 0.15) is 5.75 Å². The molecule has 0 atom stereocenters. The minimum absolute atomic E-state index is 0.0557. The maximum atomic E-state index is 12.5. The molecular formula is C24H26N4O3S. The normalized spacial score (nSPS) is 14.2. The van der Waals surface area contributed by atoms with Crippen molar-refractivity contribution in [1.82, 2.24) is 9.88 Å². The maximum Gasteiger partial charge on any atom is 0.240 e. The molecule has 8 heteroatoms. The summed E-state index contributed by atoms with van der Waals surface area (Å²) in [6, 6.07) is 15.4. The second kappa shape index (κ2) is 9.93. The molecular weight excluding hydrogens is 424 g/mol. The van der Waals surface area contributed by atoms with Gasteiger partial charge in [-0.15, -0.1) is 11.3 Å². The van der Waals surface area contributed by atoms with E-state index < -0.39 is 0 Å². The second-order valence-corrected chi connectivity index (χ2v) is 8.54. The molecule has 1 amide bonds. The molecule has 1 saturated heterocycles. The predicted molar refractivity (Wildman–Crippen MR) is 128 cm³/mol. The van der Waals surface area contributed by atoms with Crippen molar-refractivity contribution in [3.05, 3.63) is 59.5 Å². The average Bonchev–Trinajstić information content (AvgIpc) is 3.28. The molecule has 0 spiro atoms. The number of rotatable bonds is 7. The van der Waals surface area contributed by atoms with Crippen LogP contribution in [0.3, 0.4) is 0 Å². The van der Waals surface area contributed by atoms with Crippen LogP contribution in [0.5, 0.6) is 5.75 Å². The number of anilines is 2. The van der Waals surface area contributed by atoms with Crippen molar-refractivity contribution in [3.8, 4) is 17.0 Å². The number of thiazole rings is 1. The van der Waals surface area contributed by atoms with E-state index in [0.29, 0.717) is 11.7 Å². The summed E-state index contributed by atoms with van der Waals surface area (Å²) in [5.74, 6) is 0.814. The summed E-state index contributed by atoms with van der Waals surface area (Å²) in [7, 11) is 1.64. The van der Waals surface area contributed by atoms with Crippen molar-refractivity contribution >= 4 is 33.8 Å². The summed E-state index contributed by atoms with van der Waals surface area (Å²) in [6.45, 7) is 5.20. The van der Waals surface area contributed by atoms with Gasteiger partial charge in [0, 0.05) is 48.4 Å². The second-order valence-electron chi connectivity index (χ2n) is 7.68. The lowest BCUT2D eigenvalue weighted by Gasteiger charge is -2.35. The van der Waals surface area contributed by atoms with Gasteiger partial charge in [-0.05, 0) is 55.5 Å². The maximum absolute atomic E-state index is 12.5. The van der Waals surface area contributed by atoms with E-state index in [-0.39, 0.29) is 11.7 Å². The van der Waals surface area contributed by atoms with Crippen molar-refractivity contribution in [2.45, 2.75) is 6.92 Å². The van der Waals surface area contributed by atoms with Crippen LogP contribution in [0.25, 0.3) is 11.3 Å². The first-order valence-corrected chi connectivity index (χ1v) is 11.4. The Morgan fingerprint density at radius 3 is 2.34 bits per heavy atom. The van der Waals surface area contributed by atoms with E-state index >= 15 is 0 Å². The fraction of sp³-hybridized carbons (Fsp3) is 0.292. The first-order valence-electron chi connectivity index (χ1n) is 10.5. The number of piperazine rings is 1. The Morgan fingerprint density at radius 1 is 1.03 bits per heavy atom. The minimum atomic E-state index is -0.0557. The topological polar surface area (TPSA) is 74.8 Å². The van der Waals surface area contributed by atoms with Crippen molar-refractivity contribution in [2.24, 2.45) is 0 Å². The van der Waals surface area contributed by atoms with E-state index in [1.807, 2.05) is 53.9 Å². The Kier molecular flexibility index (Phi) is 6.82. The quantitative estimate of drug-likeness (QED) is 0.552. The number of hydrogen-bond donors (Lipinski definition) is 1. The van der Waals surface area contributed by atoms with Gasteiger partial charge in [-0.25, -0.2) is 4.98 Å². The lowest BCUT2D eigenvalue weighted by atomic mass is 10.1. The first kappa shape index (κ1) is 22.0. The van der Waals surface area contributed by atoms with Gasteiger partial charge in [-0.3, -0.25) is 14.5 Å². The monoisotopic (exact) mass is 450 g/mol. The molecule has 0 saturated carbocycles. The largest absolute Gasteiger partial charge is 0.497 e. The highest BCUT2D eigenvalue weighted by molar-refractivity contribution is 7.14. The number of carbonyl (C=O) groups is 2. The standard InChI is InChI=1S/C24H26N4O3S/c1-17(29)18-3-7-20(8-4-18)28-13-11-27(12-14-28)15-23(30)26-24-25-22(16-32-24)19-5-9-21(31-2)10-6-19/h3-10,16H,11-15H2,1-2H3,(H,25,26,30). The number of nitrogens with one attached hydrogen (secondary N) is 1. The Morgan fingerprint density at radius 2 is 1.72 bits per heavy atom. The molecule has 32 heavy (non-hydrogen) atoms. The SMILES string of the molecule is COc1ccc(-c2csc(NC(=O)CN3CCN(c4ccc(C(C)=O)cc4)CC3)n2)cc1. The van der Waals surface area contributed by atoms with E-state index in [1.165, 1.54) is 11.3 Å². The number of nitrogens with zero attached hydrogens (tertiary/aromatic N) is 3. The number of benzene rings is 2. The highest BCUT2D eigenvalue weighted by atomic mass is 32.1. The van der Waals surface area contributed by atoms with Crippen molar-refractivity contribution < 1.29 is 14.3 Å². The average molecular weight is 451 g/mol. The van der Waals surface area contributed by atoms with Gasteiger partial charge in [-0.1, -0.05) is 0 Å². The minimum Gasteiger partial charge on any atom is -0.497 e. The lowest BCUT2D eigenvalue weighted by molar-refractivity contribution is -0.117. The smallest absolute Gasteiger partial charge is 0.240 e. The third-order valence-corrected chi connectivity index (χ3v) is 6.27. The van der Waals surface area contributed by atoms with Gasteiger partial charge in [0.05, 0.1) is 19.3 Å². The lowest BCUT2D eigenvalue weighted by Crippen LogP contribution is -2.48. The number of Topliss-reactive ketones (excluding diaryl/α,β-unsaturated/α-hetero) is 1. The first-order chi connectivity index (χ1) is 15.5. The van der Waals surface area contributed by atoms with Crippen LogP contribution in [-0.4, -0.2) is 61.4 Å². The van der Waals surface area contributed by atoms with E-state index in [4.69, 9.17) is 4.74 Å². The van der Waals surface area contributed by atoms with Crippen LogP contribution >= 0.6 is 11.3 Å². The summed E-state index contributed by atoms with van der Waals surface area (Å²) in [4.78, 5) is 32.9. The van der Waals surface area contributed by atoms with Gasteiger partial charge in [0.25, 0.3) is 0 Å². The molecule has 1 aliphatic rings. The van der Waals surface area contributed by atoms with E-state index in [0.717, 1.165) is 54.4 Å². The zero-order valence-corrected chi connectivity index (χ0v) is 19.0. The number of aromatic nitrogens is 1. The number of carbonyl (C=O) groups excluding carboxylic acids is 2. The van der Waals surface area contributed by atoms with Crippen molar-refractivity contribution in [2.75, 3.05) is 50.1 Å². The van der Waals surface area contributed by atoms with Gasteiger partial charge >= 0.3 is 0 Å². The predicted octanol–water partition coefficient (Wildman–Crippen LogP) is 3.78. The van der Waals surface area contributed by atoms with Crippen LogP contribution in [0.15, 0.2) is 53.9 Å². The summed E-state index contributed by atoms with van der Waals surface area (Å²) >= 11 is 1.42. The molecule has 1 aliphatic heterocycles. The summed E-state index contributed by atoms with van der Waals surface area (Å²) in [5.41, 5.74) is 3.64. The molecule has 7 nitrogen and oxygen atoms in total. The fourth-order valence-electron chi connectivity index (χ4n) is 3.66. The summed E-state index contributed by atoms with van der Waals surface area (Å²) in [5, 5.41) is 5.46. The molecule has 3 aromatic rings.